The maximum Gasteiger partial charge on any atom is 0.338 e. The first kappa shape index (κ1) is 16.2. The van der Waals surface area contributed by atoms with Crippen molar-refractivity contribution in [1.82, 2.24) is 20.2 Å². The van der Waals surface area contributed by atoms with Crippen molar-refractivity contribution < 1.29 is 23.4 Å². The van der Waals surface area contributed by atoms with Crippen LogP contribution in [0.15, 0.2) is 42.7 Å². The third kappa shape index (κ3) is 3.24. The number of ether oxygens (including phenoxy) is 3. The molecule has 0 atom stereocenters. The Bertz CT molecular complexity index is 946. The van der Waals surface area contributed by atoms with Gasteiger partial charge in [-0.05, 0) is 40.8 Å². The van der Waals surface area contributed by atoms with Gasteiger partial charge in [-0.15, -0.1) is 5.10 Å². The van der Waals surface area contributed by atoms with Gasteiger partial charge in [0, 0.05) is 11.1 Å². The van der Waals surface area contributed by atoms with Crippen LogP contribution in [0, 0.1) is 5.82 Å². The van der Waals surface area contributed by atoms with Crippen molar-refractivity contribution in [2.45, 2.75) is 13.2 Å². The normalized spacial score (nSPS) is 13.0. The van der Waals surface area contributed by atoms with E-state index in [0.717, 1.165) is 0 Å². The van der Waals surface area contributed by atoms with Crippen LogP contribution in [0.2, 0.25) is 0 Å². The lowest BCUT2D eigenvalue weighted by atomic mass is 10.1. The van der Waals surface area contributed by atoms with Gasteiger partial charge in [-0.3, -0.25) is 0 Å². The summed E-state index contributed by atoms with van der Waals surface area (Å²) in [6.45, 7) is 0.212. The zero-order valence-corrected chi connectivity index (χ0v) is 13.5. The molecule has 9 heteroatoms. The Balaban J connectivity index is 1.51. The lowest BCUT2D eigenvalue weighted by Gasteiger charge is -2.20. The summed E-state index contributed by atoms with van der Waals surface area (Å²) in [5.41, 5.74) is 1.98. The van der Waals surface area contributed by atoms with Crippen LogP contribution in [0.4, 0.5) is 4.39 Å². The van der Waals surface area contributed by atoms with Crippen LogP contribution in [-0.2, 0) is 22.7 Å². The van der Waals surface area contributed by atoms with Crippen LogP contribution in [0.5, 0.6) is 5.75 Å². The van der Waals surface area contributed by atoms with Gasteiger partial charge < -0.3 is 14.2 Å². The molecule has 0 saturated heterocycles. The molecule has 0 saturated carbocycles. The Morgan fingerprint density at radius 3 is 3.08 bits per heavy atom. The molecule has 0 bridgehead atoms. The van der Waals surface area contributed by atoms with E-state index in [4.69, 9.17) is 14.2 Å². The van der Waals surface area contributed by atoms with Gasteiger partial charge in [0.1, 0.15) is 24.5 Å². The highest BCUT2D eigenvalue weighted by atomic mass is 19.1. The Morgan fingerprint density at radius 1 is 1.31 bits per heavy atom. The molecule has 0 radical (unpaired) electrons. The summed E-state index contributed by atoms with van der Waals surface area (Å²) in [6, 6.07) is 9.29. The van der Waals surface area contributed by atoms with E-state index in [2.05, 4.69) is 15.5 Å². The Morgan fingerprint density at radius 2 is 2.23 bits per heavy atom. The molecule has 2 aromatic carbocycles. The summed E-state index contributed by atoms with van der Waals surface area (Å²) in [5.74, 6) is -0.498. The topological polar surface area (TPSA) is 88.4 Å². The van der Waals surface area contributed by atoms with Gasteiger partial charge in [-0.2, -0.15) is 0 Å². The quantitative estimate of drug-likeness (QED) is 0.661. The molecule has 0 aliphatic carbocycles. The minimum atomic E-state index is -0.551. The van der Waals surface area contributed by atoms with Crippen molar-refractivity contribution >= 4 is 5.97 Å². The fourth-order valence-electron chi connectivity index (χ4n) is 2.65. The van der Waals surface area contributed by atoms with E-state index >= 15 is 0 Å². The van der Waals surface area contributed by atoms with E-state index in [1.54, 1.807) is 24.3 Å². The second kappa shape index (κ2) is 6.89. The van der Waals surface area contributed by atoms with Crippen LogP contribution in [0.25, 0.3) is 5.69 Å². The number of tetrazole rings is 1. The first-order valence-electron chi connectivity index (χ1n) is 7.73. The summed E-state index contributed by atoms with van der Waals surface area (Å²) >= 11 is 0. The molecule has 1 aliphatic heterocycles. The van der Waals surface area contributed by atoms with Gasteiger partial charge in [0.25, 0.3) is 0 Å². The molecule has 0 fully saturated rings. The third-order valence-corrected chi connectivity index (χ3v) is 3.81. The van der Waals surface area contributed by atoms with Gasteiger partial charge in [-0.25, -0.2) is 13.9 Å². The first-order valence-corrected chi connectivity index (χ1v) is 7.73. The molecule has 3 aromatic rings. The number of hydrogen-bond acceptors (Lipinski definition) is 7. The maximum absolute atomic E-state index is 13.7. The molecular weight excluding hydrogens is 343 g/mol. The maximum atomic E-state index is 13.7. The minimum Gasteiger partial charge on any atom is -0.467 e. The third-order valence-electron chi connectivity index (χ3n) is 3.81. The number of carbonyl (C=O) groups excluding carboxylic acids is 1. The Labute approximate surface area is 147 Å². The van der Waals surface area contributed by atoms with Crippen LogP contribution in [0.1, 0.15) is 21.5 Å². The summed E-state index contributed by atoms with van der Waals surface area (Å²) in [6.07, 6.45) is 1.42. The van der Waals surface area contributed by atoms with Gasteiger partial charge in [0.2, 0.25) is 0 Å². The largest absolute Gasteiger partial charge is 0.467 e. The van der Waals surface area contributed by atoms with Gasteiger partial charge >= 0.3 is 5.97 Å². The highest BCUT2D eigenvalue weighted by Crippen LogP contribution is 2.30. The number of esters is 1. The highest BCUT2D eigenvalue weighted by molar-refractivity contribution is 5.90. The van der Waals surface area contributed by atoms with E-state index in [1.807, 2.05) is 0 Å². The number of aromatic nitrogens is 4. The Kier molecular flexibility index (Phi) is 4.28. The predicted molar refractivity (Wildman–Crippen MR) is 85.0 cm³/mol. The molecular formula is C17H13FN4O4. The van der Waals surface area contributed by atoms with E-state index < -0.39 is 11.8 Å². The summed E-state index contributed by atoms with van der Waals surface area (Å²) in [7, 11) is 0. The molecule has 132 valence electrons. The van der Waals surface area contributed by atoms with E-state index in [-0.39, 0.29) is 20.0 Å². The van der Waals surface area contributed by atoms with Crippen LogP contribution in [0.3, 0.4) is 0 Å². The van der Waals surface area contributed by atoms with Crippen molar-refractivity contribution in [3.63, 3.8) is 0 Å². The van der Waals surface area contributed by atoms with Crippen molar-refractivity contribution in [3.05, 3.63) is 65.2 Å². The Hall–Kier alpha value is -3.33. The molecule has 1 aliphatic rings. The molecule has 8 nitrogen and oxygen atoms in total. The average Bonchev–Trinajstić information content (AvgIpc) is 3.20. The summed E-state index contributed by atoms with van der Waals surface area (Å²) in [4.78, 5) is 12.4. The van der Waals surface area contributed by atoms with Crippen LogP contribution < -0.4 is 4.74 Å². The lowest BCUT2D eigenvalue weighted by molar-refractivity contribution is -0.0182. The number of benzene rings is 2. The van der Waals surface area contributed by atoms with Crippen molar-refractivity contribution in [2.24, 2.45) is 0 Å². The number of carbonyl (C=O) groups is 1. The predicted octanol–water partition coefficient (Wildman–Crippen LogP) is 2.02. The molecule has 0 unspecified atom stereocenters. The van der Waals surface area contributed by atoms with Crippen molar-refractivity contribution in [2.75, 3.05) is 6.79 Å². The van der Waals surface area contributed by atoms with Gasteiger partial charge in [-0.1, -0.05) is 6.07 Å². The van der Waals surface area contributed by atoms with Crippen molar-refractivity contribution in [3.8, 4) is 11.4 Å². The SMILES string of the molecule is O=C(OCc1cc(F)cc2c1OCOC2)c1cccc(-n2cnnn2)c1. The zero-order chi connectivity index (χ0) is 17.9. The molecule has 0 spiro atoms. The fraction of sp³-hybridized carbons (Fsp3) is 0.176. The van der Waals surface area contributed by atoms with E-state index in [0.29, 0.717) is 28.1 Å². The number of halogens is 1. The molecule has 4 rings (SSSR count). The highest BCUT2D eigenvalue weighted by Gasteiger charge is 2.18. The number of fused-ring (bicyclic) bond motifs is 1. The van der Waals surface area contributed by atoms with Crippen LogP contribution >= 0.6 is 0 Å². The first-order chi connectivity index (χ1) is 12.7. The molecule has 1 aromatic heterocycles. The monoisotopic (exact) mass is 356 g/mol. The second-order valence-electron chi connectivity index (χ2n) is 5.54. The fourth-order valence-corrected chi connectivity index (χ4v) is 2.65. The van der Waals surface area contributed by atoms with Crippen molar-refractivity contribution in [1.29, 1.82) is 0 Å². The molecule has 2 heterocycles. The van der Waals surface area contributed by atoms with Gasteiger partial charge in [0.15, 0.2) is 6.79 Å². The smallest absolute Gasteiger partial charge is 0.338 e. The molecule has 26 heavy (non-hydrogen) atoms. The minimum absolute atomic E-state index is 0.0769. The molecule has 0 N–H and O–H groups in total. The van der Waals surface area contributed by atoms with E-state index in [9.17, 15) is 9.18 Å². The summed E-state index contributed by atoms with van der Waals surface area (Å²) < 4.78 is 31.0. The standard InChI is InChI=1S/C17H13FN4O4/c18-14-4-12-7-24-10-26-16(12)13(5-14)8-25-17(23)11-2-1-3-15(6-11)22-9-19-20-21-22/h1-6,9H,7-8,10H2. The lowest BCUT2D eigenvalue weighted by Crippen LogP contribution is -2.15. The van der Waals surface area contributed by atoms with Gasteiger partial charge in [0.05, 0.1) is 17.9 Å². The number of nitrogens with zero attached hydrogens (tertiary/aromatic N) is 4. The van der Waals surface area contributed by atoms with E-state index in [1.165, 1.54) is 23.1 Å². The van der Waals surface area contributed by atoms with Crippen LogP contribution in [-0.4, -0.2) is 33.0 Å². The summed E-state index contributed by atoms with van der Waals surface area (Å²) in [5, 5.41) is 10.9. The number of rotatable bonds is 4. The average molecular weight is 356 g/mol. The zero-order valence-electron chi connectivity index (χ0n) is 13.5. The number of hydrogen-bond donors (Lipinski definition) is 0. The molecule has 0 amide bonds. The second-order valence-corrected chi connectivity index (χ2v) is 5.54.